The molecule has 0 aromatic carbocycles. The van der Waals surface area contributed by atoms with Crippen molar-refractivity contribution in [3.05, 3.63) is 0 Å². The molecule has 0 radical (unpaired) electrons. The van der Waals surface area contributed by atoms with Crippen molar-refractivity contribution < 1.29 is 18.0 Å². The molecule has 0 aliphatic carbocycles. The Balaban J connectivity index is 2.02. The van der Waals surface area contributed by atoms with Crippen LogP contribution in [-0.4, -0.2) is 23.8 Å². The normalized spacial score (nSPS) is 35.3. The molecule has 15 heavy (non-hydrogen) atoms. The second-order valence-corrected chi connectivity index (χ2v) is 4.31. The molecule has 6 heteroatoms. The molecule has 2 atom stereocenters. The van der Waals surface area contributed by atoms with E-state index >= 15 is 0 Å². The molecule has 1 amide bonds. The van der Waals surface area contributed by atoms with Gasteiger partial charge in [0, 0.05) is 6.04 Å². The molecule has 0 spiro atoms. The lowest BCUT2D eigenvalue weighted by Crippen LogP contribution is -2.61. The van der Waals surface area contributed by atoms with Crippen LogP contribution in [0.5, 0.6) is 0 Å². The molecule has 2 aliphatic rings. The molecule has 0 saturated carbocycles. The van der Waals surface area contributed by atoms with Gasteiger partial charge in [-0.15, -0.1) is 0 Å². The van der Waals surface area contributed by atoms with Crippen LogP contribution in [-0.2, 0) is 4.79 Å². The van der Waals surface area contributed by atoms with Gasteiger partial charge < -0.3 is 5.32 Å². The summed E-state index contributed by atoms with van der Waals surface area (Å²) in [5.41, 5.74) is -0.796. The minimum atomic E-state index is -4.79. The minimum absolute atomic E-state index is 0.271. The second kappa shape index (κ2) is 3.37. The number of carbonyl (C=O) groups excluding carboxylic acids is 1. The van der Waals surface area contributed by atoms with Crippen LogP contribution >= 0.6 is 0 Å². The summed E-state index contributed by atoms with van der Waals surface area (Å²) in [5, 5.41) is 5.16. The highest BCUT2D eigenvalue weighted by Crippen LogP contribution is 2.34. The molecular weight excluding hydrogens is 209 g/mol. The molecule has 2 unspecified atom stereocenters. The molecule has 86 valence electrons. The van der Waals surface area contributed by atoms with Gasteiger partial charge in [-0.3, -0.25) is 10.1 Å². The summed E-state index contributed by atoms with van der Waals surface area (Å²) in [6, 6.07) is 0.271. The number of alkyl halides is 3. The Morgan fingerprint density at radius 3 is 2.73 bits per heavy atom. The van der Waals surface area contributed by atoms with E-state index in [0.29, 0.717) is 12.8 Å². The Labute approximate surface area is 85.4 Å². The lowest BCUT2D eigenvalue weighted by Gasteiger charge is -2.35. The molecular formula is C9H13F3N2O. The number of halogens is 3. The van der Waals surface area contributed by atoms with Gasteiger partial charge in [0.05, 0.1) is 5.66 Å². The summed E-state index contributed by atoms with van der Waals surface area (Å²) in [6.07, 6.45) is -0.894. The fourth-order valence-electron chi connectivity index (χ4n) is 2.47. The van der Waals surface area contributed by atoms with Gasteiger partial charge in [-0.2, -0.15) is 13.2 Å². The Kier molecular flexibility index (Phi) is 2.41. The molecule has 2 saturated heterocycles. The zero-order chi connectivity index (χ0) is 11.1. The third-order valence-corrected chi connectivity index (χ3v) is 3.17. The summed E-state index contributed by atoms with van der Waals surface area (Å²) < 4.78 is 36.3. The molecule has 2 heterocycles. The number of rotatable bonds is 1. The SMILES string of the molecule is O=C(NC12CCCC(CC1)N2)C(F)(F)F. The van der Waals surface area contributed by atoms with E-state index < -0.39 is 17.7 Å². The van der Waals surface area contributed by atoms with Crippen molar-refractivity contribution >= 4 is 5.91 Å². The Bertz CT molecular complexity index is 275. The maximum absolute atomic E-state index is 12.1. The number of piperidine rings is 1. The third-order valence-electron chi connectivity index (χ3n) is 3.17. The fraction of sp³-hybridized carbons (Fsp3) is 0.889. The van der Waals surface area contributed by atoms with Crippen molar-refractivity contribution in [3.63, 3.8) is 0 Å². The van der Waals surface area contributed by atoms with Gasteiger partial charge in [0.25, 0.3) is 0 Å². The lowest BCUT2D eigenvalue weighted by atomic mass is 9.99. The summed E-state index contributed by atoms with van der Waals surface area (Å²) in [5.74, 6) is -1.84. The summed E-state index contributed by atoms with van der Waals surface area (Å²) in [7, 11) is 0. The van der Waals surface area contributed by atoms with Gasteiger partial charge in [0.15, 0.2) is 0 Å². The first kappa shape index (κ1) is 10.7. The standard InChI is InChI=1S/C9H13F3N2O/c10-9(11,12)7(15)14-8-4-1-2-6(13-8)3-5-8/h6,13H,1-5H2,(H,14,15). The summed E-state index contributed by atoms with van der Waals surface area (Å²) in [6.45, 7) is 0. The lowest BCUT2D eigenvalue weighted by molar-refractivity contribution is -0.176. The fourth-order valence-corrected chi connectivity index (χ4v) is 2.47. The van der Waals surface area contributed by atoms with Gasteiger partial charge in [-0.25, -0.2) is 0 Å². The van der Waals surface area contributed by atoms with Crippen LogP contribution in [0, 0.1) is 0 Å². The van der Waals surface area contributed by atoms with E-state index in [1.165, 1.54) is 0 Å². The van der Waals surface area contributed by atoms with E-state index in [0.717, 1.165) is 19.3 Å². The van der Waals surface area contributed by atoms with Crippen molar-refractivity contribution in [2.24, 2.45) is 0 Å². The van der Waals surface area contributed by atoms with Crippen molar-refractivity contribution in [1.29, 1.82) is 0 Å². The quantitative estimate of drug-likeness (QED) is 0.702. The van der Waals surface area contributed by atoms with Gasteiger partial charge >= 0.3 is 12.1 Å². The van der Waals surface area contributed by atoms with Crippen LogP contribution in [0.4, 0.5) is 13.2 Å². The number of hydrogen-bond acceptors (Lipinski definition) is 2. The summed E-state index contributed by atoms with van der Waals surface area (Å²) in [4.78, 5) is 10.8. The van der Waals surface area contributed by atoms with Crippen LogP contribution in [0.3, 0.4) is 0 Å². The van der Waals surface area contributed by atoms with Crippen molar-refractivity contribution in [2.75, 3.05) is 0 Å². The van der Waals surface area contributed by atoms with Gasteiger partial charge in [0.2, 0.25) is 0 Å². The largest absolute Gasteiger partial charge is 0.471 e. The predicted molar refractivity (Wildman–Crippen MR) is 46.9 cm³/mol. The van der Waals surface area contributed by atoms with E-state index in [-0.39, 0.29) is 6.04 Å². The number of nitrogens with one attached hydrogen (secondary N) is 2. The van der Waals surface area contributed by atoms with Crippen LogP contribution in [0.2, 0.25) is 0 Å². The maximum Gasteiger partial charge on any atom is 0.471 e. The highest BCUT2D eigenvalue weighted by molar-refractivity contribution is 5.82. The Morgan fingerprint density at radius 2 is 2.07 bits per heavy atom. The second-order valence-electron chi connectivity index (χ2n) is 4.31. The van der Waals surface area contributed by atoms with E-state index in [4.69, 9.17) is 0 Å². The molecule has 0 aromatic heterocycles. The first-order chi connectivity index (χ1) is 6.91. The smallest absolute Gasteiger partial charge is 0.330 e. The van der Waals surface area contributed by atoms with Crippen molar-refractivity contribution in [3.8, 4) is 0 Å². The maximum atomic E-state index is 12.1. The minimum Gasteiger partial charge on any atom is -0.330 e. The van der Waals surface area contributed by atoms with Crippen molar-refractivity contribution in [1.82, 2.24) is 10.6 Å². The highest BCUT2D eigenvalue weighted by Gasteiger charge is 2.47. The Hall–Kier alpha value is -0.780. The first-order valence-corrected chi connectivity index (χ1v) is 5.08. The van der Waals surface area contributed by atoms with E-state index in [1.807, 2.05) is 0 Å². The highest BCUT2D eigenvalue weighted by atomic mass is 19.4. The third kappa shape index (κ3) is 2.09. The Morgan fingerprint density at radius 1 is 1.33 bits per heavy atom. The van der Waals surface area contributed by atoms with Gasteiger partial charge in [0.1, 0.15) is 0 Å². The summed E-state index contributed by atoms with van der Waals surface area (Å²) >= 11 is 0. The average Bonchev–Trinajstić information content (AvgIpc) is 2.40. The zero-order valence-corrected chi connectivity index (χ0v) is 8.16. The van der Waals surface area contributed by atoms with Crippen LogP contribution in [0.15, 0.2) is 0 Å². The molecule has 2 bridgehead atoms. The molecule has 3 nitrogen and oxygen atoms in total. The molecule has 2 N–H and O–H groups in total. The van der Waals surface area contributed by atoms with E-state index in [9.17, 15) is 18.0 Å². The first-order valence-electron chi connectivity index (χ1n) is 5.08. The topological polar surface area (TPSA) is 41.1 Å². The molecule has 2 rings (SSSR count). The number of amides is 1. The van der Waals surface area contributed by atoms with E-state index in [2.05, 4.69) is 10.6 Å². The average molecular weight is 222 g/mol. The van der Waals surface area contributed by atoms with Crippen LogP contribution in [0.25, 0.3) is 0 Å². The van der Waals surface area contributed by atoms with Crippen molar-refractivity contribution in [2.45, 2.75) is 50.0 Å². The number of carbonyl (C=O) groups is 1. The molecule has 2 fully saturated rings. The van der Waals surface area contributed by atoms with Gasteiger partial charge in [-0.1, -0.05) is 0 Å². The molecule has 0 aromatic rings. The zero-order valence-electron chi connectivity index (χ0n) is 8.16. The predicted octanol–water partition coefficient (Wildman–Crippen LogP) is 1.30. The van der Waals surface area contributed by atoms with Crippen LogP contribution in [0.1, 0.15) is 32.1 Å². The monoisotopic (exact) mass is 222 g/mol. The van der Waals surface area contributed by atoms with E-state index in [1.54, 1.807) is 0 Å². The number of fused-ring (bicyclic) bond motifs is 2. The van der Waals surface area contributed by atoms with Crippen LogP contribution < -0.4 is 10.6 Å². The molecule has 2 aliphatic heterocycles. The van der Waals surface area contributed by atoms with Gasteiger partial charge in [-0.05, 0) is 32.1 Å². The number of hydrogen-bond donors (Lipinski definition) is 2.